The highest BCUT2D eigenvalue weighted by molar-refractivity contribution is 5.89. The minimum atomic E-state index is -0.242. The van der Waals surface area contributed by atoms with Gasteiger partial charge >= 0.3 is 0 Å². The van der Waals surface area contributed by atoms with Crippen LogP contribution in [0.1, 0.15) is 38.2 Å². The summed E-state index contributed by atoms with van der Waals surface area (Å²) < 4.78 is 5.15. The molecule has 0 radical (unpaired) electrons. The zero-order valence-corrected chi connectivity index (χ0v) is 16.9. The molecule has 0 spiro atoms. The zero-order chi connectivity index (χ0) is 19.6. The van der Waals surface area contributed by atoms with Gasteiger partial charge in [0.05, 0.1) is 13.0 Å². The van der Waals surface area contributed by atoms with Gasteiger partial charge in [-0.1, -0.05) is 25.5 Å². The summed E-state index contributed by atoms with van der Waals surface area (Å²) in [5.41, 5.74) is 1.04. The molecule has 0 aliphatic carbocycles. The molecule has 2 amide bonds. The van der Waals surface area contributed by atoms with Gasteiger partial charge in [-0.2, -0.15) is 0 Å². The van der Waals surface area contributed by atoms with E-state index in [1.807, 2.05) is 24.3 Å². The number of benzene rings is 1. The normalized spacial score (nSPS) is 16.8. The van der Waals surface area contributed by atoms with Gasteiger partial charge in [-0.3, -0.25) is 9.59 Å². The van der Waals surface area contributed by atoms with E-state index in [1.54, 1.807) is 12.0 Å². The second-order valence-corrected chi connectivity index (χ2v) is 7.32. The van der Waals surface area contributed by atoms with Crippen LogP contribution < -0.4 is 10.1 Å². The number of likely N-dealkylation sites (tertiary alicyclic amines) is 1. The van der Waals surface area contributed by atoms with Crippen molar-refractivity contribution in [2.75, 3.05) is 40.3 Å². The van der Waals surface area contributed by atoms with E-state index in [1.165, 1.54) is 12.8 Å². The number of hydrogen-bond acceptors (Lipinski definition) is 4. The number of unbranched alkanes of at least 4 members (excludes halogenated alkanes) is 1. The maximum absolute atomic E-state index is 12.4. The zero-order valence-electron chi connectivity index (χ0n) is 16.9. The van der Waals surface area contributed by atoms with Crippen LogP contribution in [0.25, 0.3) is 0 Å². The predicted octanol–water partition coefficient (Wildman–Crippen LogP) is 2.28. The summed E-state index contributed by atoms with van der Waals surface area (Å²) in [6.07, 6.45) is 3.64. The number of nitrogens with one attached hydrogen (secondary N) is 1. The van der Waals surface area contributed by atoms with Crippen molar-refractivity contribution in [2.45, 2.75) is 39.2 Å². The number of carbonyl (C=O) groups is 2. The second-order valence-electron chi connectivity index (χ2n) is 7.32. The number of hydrogen-bond donors (Lipinski definition) is 1. The van der Waals surface area contributed by atoms with Crippen LogP contribution in [0.4, 0.5) is 0 Å². The van der Waals surface area contributed by atoms with E-state index < -0.39 is 0 Å². The summed E-state index contributed by atoms with van der Waals surface area (Å²) in [6, 6.07) is 7.68. The number of methoxy groups -OCH3 is 1. The van der Waals surface area contributed by atoms with Crippen LogP contribution in [0.15, 0.2) is 24.3 Å². The lowest BCUT2D eigenvalue weighted by Crippen LogP contribution is -2.34. The van der Waals surface area contributed by atoms with E-state index >= 15 is 0 Å². The number of carbonyl (C=O) groups excluding carboxylic acids is 2. The van der Waals surface area contributed by atoms with Crippen LogP contribution in [-0.4, -0.2) is 62.0 Å². The molecule has 2 rings (SSSR count). The summed E-state index contributed by atoms with van der Waals surface area (Å²) >= 11 is 0. The van der Waals surface area contributed by atoms with Crippen LogP contribution >= 0.6 is 0 Å². The Morgan fingerprint density at radius 3 is 2.63 bits per heavy atom. The lowest BCUT2D eigenvalue weighted by molar-refractivity contribution is -0.129. The van der Waals surface area contributed by atoms with Crippen molar-refractivity contribution >= 4 is 11.8 Å². The van der Waals surface area contributed by atoms with Gasteiger partial charge in [-0.25, -0.2) is 0 Å². The van der Waals surface area contributed by atoms with Crippen molar-refractivity contribution in [3.05, 3.63) is 29.8 Å². The van der Waals surface area contributed by atoms with Crippen molar-refractivity contribution in [1.82, 2.24) is 15.1 Å². The van der Waals surface area contributed by atoms with Crippen LogP contribution in [-0.2, 0) is 16.1 Å². The average molecular weight is 376 g/mol. The number of nitrogens with zero attached hydrogens (tertiary/aromatic N) is 2. The molecule has 1 N–H and O–H groups in total. The van der Waals surface area contributed by atoms with Crippen molar-refractivity contribution in [2.24, 2.45) is 5.92 Å². The lowest BCUT2D eigenvalue weighted by atomic mass is 10.1. The third-order valence-electron chi connectivity index (χ3n) is 5.03. The van der Waals surface area contributed by atoms with E-state index in [-0.39, 0.29) is 17.7 Å². The Labute approximate surface area is 162 Å². The molecule has 27 heavy (non-hydrogen) atoms. The Morgan fingerprint density at radius 2 is 1.96 bits per heavy atom. The largest absolute Gasteiger partial charge is 0.497 e. The van der Waals surface area contributed by atoms with Gasteiger partial charge in [0.25, 0.3) is 0 Å². The lowest BCUT2D eigenvalue weighted by Gasteiger charge is -2.18. The van der Waals surface area contributed by atoms with E-state index in [0.717, 1.165) is 30.8 Å². The molecule has 1 aromatic carbocycles. The molecule has 0 aromatic heterocycles. The molecular weight excluding hydrogens is 342 g/mol. The van der Waals surface area contributed by atoms with Crippen molar-refractivity contribution in [1.29, 1.82) is 0 Å². The Morgan fingerprint density at radius 1 is 1.26 bits per heavy atom. The molecule has 0 unspecified atom stereocenters. The number of amides is 2. The topological polar surface area (TPSA) is 61.9 Å². The van der Waals surface area contributed by atoms with Crippen LogP contribution in [0.2, 0.25) is 0 Å². The van der Waals surface area contributed by atoms with Gasteiger partial charge < -0.3 is 19.9 Å². The fourth-order valence-corrected chi connectivity index (χ4v) is 3.30. The molecule has 6 heteroatoms. The first kappa shape index (κ1) is 21.2. The molecule has 1 fully saturated rings. The Balaban J connectivity index is 1.71. The molecule has 1 heterocycles. The maximum Gasteiger partial charge on any atom is 0.225 e. The summed E-state index contributed by atoms with van der Waals surface area (Å²) in [5.74, 6) is 0.597. The third-order valence-corrected chi connectivity index (χ3v) is 5.03. The summed E-state index contributed by atoms with van der Waals surface area (Å²) in [7, 11) is 3.75. The van der Waals surface area contributed by atoms with Crippen LogP contribution in [0, 0.1) is 5.92 Å². The van der Waals surface area contributed by atoms with Crippen molar-refractivity contribution in [3.8, 4) is 5.75 Å². The van der Waals surface area contributed by atoms with Crippen molar-refractivity contribution < 1.29 is 14.3 Å². The smallest absolute Gasteiger partial charge is 0.225 e. The Bertz CT molecular complexity index is 603. The fraction of sp³-hybridized carbons (Fsp3) is 0.619. The molecule has 1 aliphatic heterocycles. The highest BCUT2D eigenvalue weighted by Crippen LogP contribution is 2.21. The predicted molar refractivity (Wildman–Crippen MR) is 107 cm³/mol. The summed E-state index contributed by atoms with van der Waals surface area (Å²) in [5, 5.41) is 3.00. The number of rotatable bonds is 11. The van der Waals surface area contributed by atoms with Gasteiger partial charge in [-0.15, -0.1) is 0 Å². The Kier molecular flexibility index (Phi) is 8.58. The first-order chi connectivity index (χ1) is 13.0. The molecule has 1 aromatic rings. The third kappa shape index (κ3) is 6.86. The fourth-order valence-electron chi connectivity index (χ4n) is 3.30. The van der Waals surface area contributed by atoms with Crippen LogP contribution in [0.5, 0.6) is 5.75 Å². The highest BCUT2D eigenvalue weighted by atomic mass is 16.5. The molecule has 6 nitrogen and oxygen atoms in total. The molecule has 1 atom stereocenters. The first-order valence-electron chi connectivity index (χ1n) is 9.90. The van der Waals surface area contributed by atoms with Crippen LogP contribution in [0.3, 0.4) is 0 Å². The van der Waals surface area contributed by atoms with E-state index in [4.69, 9.17) is 4.74 Å². The summed E-state index contributed by atoms with van der Waals surface area (Å²) in [4.78, 5) is 28.7. The summed E-state index contributed by atoms with van der Waals surface area (Å²) in [6.45, 7) is 5.96. The van der Waals surface area contributed by atoms with Gasteiger partial charge in [0, 0.05) is 26.1 Å². The SMILES string of the molecule is CCCCN(C)CCCNC(=O)[C@@H]1CC(=O)N(Cc2ccc(OC)cc2)C1. The van der Waals surface area contributed by atoms with E-state index in [9.17, 15) is 9.59 Å². The minimum absolute atomic E-state index is 0.00297. The van der Waals surface area contributed by atoms with Gasteiger partial charge in [-0.05, 0) is 50.7 Å². The minimum Gasteiger partial charge on any atom is -0.497 e. The van der Waals surface area contributed by atoms with E-state index in [0.29, 0.717) is 26.1 Å². The molecular formula is C21H33N3O3. The monoisotopic (exact) mass is 375 g/mol. The maximum atomic E-state index is 12.4. The average Bonchev–Trinajstić information content (AvgIpc) is 3.04. The quantitative estimate of drug-likeness (QED) is 0.603. The van der Waals surface area contributed by atoms with Gasteiger partial charge in [0.1, 0.15) is 5.75 Å². The molecule has 1 aliphatic rings. The Hall–Kier alpha value is -2.08. The standard InChI is InChI=1S/C21H33N3O3/c1-4-5-12-23(2)13-6-11-22-21(26)18-14-20(25)24(16-18)15-17-7-9-19(27-3)10-8-17/h7-10,18H,4-6,11-16H2,1-3H3,(H,22,26)/t18-/m1/s1. The van der Waals surface area contributed by atoms with Gasteiger partial charge in [0.2, 0.25) is 11.8 Å². The second kappa shape index (κ2) is 10.9. The first-order valence-corrected chi connectivity index (χ1v) is 9.90. The molecule has 0 saturated carbocycles. The molecule has 150 valence electrons. The van der Waals surface area contributed by atoms with Crippen molar-refractivity contribution in [3.63, 3.8) is 0 Å². The molecule has 0 bridgehead atoms. The highest BCUT2D eigenvalue weighted by Gasteiger charge is 2.33. The number of ether oxygens (including phenoxy) is 1. The van der Waals surface area contributed by atoms with E-state index in [2.05, 4.69) is 24.2 Å². The molecule has 1 saturated heterocycles. The van der Waals surface area contributed by atoms with Gasteiger partial charge in [0.15, 0.2) is 0 Å².